The van der Waals surface area contributed by atoms with Gasteiger partial charge < -0.3 is 4.74 Å². The first-order valence-corrected chi connectivity index (χ1v) is 4.18. The number of nitrogens with zero attached hydrogens (tertiary/aromatic N) is 1. The summed E-state index contributed by atoms with van der Waals surface area (Å²) < 4.78 is 5.48. The molecule has 0 spiro atoms. The molecule has 0 bridgehead atoms. The maximum Gasteiger partial charge on any atom is 0.198 e. The molecule has 0 radical (unpaired) electrons. The molecule has 1 fully saturated rings. The number of ether oxygens (including phenoxy) is 1. The summed E-state index contributed by atoms with van der Waals surface area (Å²) >= 11 is 0. The first-order valence-electron chi connectivity index (χ1n) is 4.18. The lowest BCUT2D eigenvalue weighted by Gasteiger charge is -2.09. The molecule has 0 amide bonds. The summed E-state index contributed by atoms with van der Waals surface area (Å²) in [5.74, 6) is 0.647. The Balaban J connectivity index is 2.17. The summed E-state index contributed by atoms with van der Waals surface area (Å²) in [7, 11) is 1.88. The minimum atomic E-state index is -0.0984. The molecule has 1 unspecified atom stereocenters. The van der Waals surface area contributed by atoms with Gasteiger partial charge in [-0.05, 0) is 6.58 Å². The highest BCUT2D eigenvalue weighted by Gasteiger charge is 2.23. The molecule has 1 atom stereocenters. The van der Waals surface area contributed by atoms with Gasteiger partial charge in [0, 0.05) is 12.6 Å². The normalized spacial score (nSPS) is 21.8. The topological polar surface area (TPSA) is 24.5 Å². The molecule has 0 aromatic heterocycles. The minimum Gasteiger partial charge on any atom is -0.454 e. The summed E-state index contributed by atoms with van der Waals surface area (Å²) in [6.45, 7) is 3.75. The number of nitrogens with one attached hydrogen (secondary N) is 1. The van der Waals surface area contributed by atoms with Gasteiger partial charge in [-0.15, -0.1) is 0 Å². The van der Waals surface area contributed by atoms with E-state index in [1.165, 1.54) is 0 Å². The smallest absolute Gasteiger partial charge is 0.198 e. The SMILES string of the molecule is C=C1OC(c2ccccc2)NN1C. The average molecular weight is 176 g/mol. The molecule has 1 saturated heterocycles. The van der Waals surface area contributed by atoms with E-state index in [9.17, 15) is 0 Å². The summed E-state index contributed by atoms with van der Waals surface area (Å²) in [4.78, 5) is 0. The van der Waals surface area contributed by atoms with E-state index in [0.717, 1.165) is 5.56 Å². The lowest BCUT2D eigenvalue weighted by molar-refractivity contribution is 0.149. The van der Waals surface area contributed by atoms with Gasteiger partial charge in [0.2, 0.25) is 0 Å². The predicted octanol–water partition coefficient (Wildman–Crippen LogP) is 1.62. The van der Waals surface area contributed by atoms with Crippen molar-refractivity contribution >= 4 is 0 Å². The Morgan fingerprint density at radius 3 is 2.62 bits per heavy atom. The molecule has 3 heteroatoms. The molecular weight excluding hydrogens is 164 g/mol. The molecule has 0 saturated carbocycles. The highest BCUT2D eigenvalue weighted by atomic mass is 16.5. The Labute approximate surface area is 77.6 Å². The van der Waals surface area contributed by atoms with Gasteiger partial charge in [-0.1, -0.05) is 30.3 Å². The van der Waals surface area contributed by atoms with Crippen LogP contribution >= 0.6 is 0 Å². The number of hydrogen-bond donors (Lipinski definition) is 1. The minimum absolute atomic E-state index is 0.0984. The van der Waals surface area contributed by atoms with Crippen molar-refractivity contribution in [1.82, 2.24) is 10.4 Å². The molecular formula is C10H12N2O. The zero-order chi connectivity index (χ0) is 9.26. The van der Waals surface area contributed by atoms with E-state index in [1.807, 2.05) is 37.4 Å². The summed E-state index contributed by atoms with van der Waals surface area (Å²) in [6, 6.07) is 9.99. The van der Waals surface area contributed by atoms with Gasteiger partial charge in [-0.25, -0.2) is 0 Å². The van der Waals surface area contributed by atoms with E-state index in [4.69, 9.17) is 4.74 Å². The molecule has 1 aromatic rings. The standard InChI is InChI=1S/C10H12N2O/c1-8-12(2)11-10(13-8)9-6-4-3-5-7-9/h3-7,10-11H,1H2,2H3. The highest BCUT2D eigenvalue weighted by Crippen LogP contribution is 2.23. The van der Waals surface area contributed by atoms with Gasteiger partial charge in [0.1, 0.15) is 0 Å². The van der Waals surface area contributed by atoms with E-state index in [-0.39, 0.29) is 6.23 Å². The quantitative estimate of drug-likeness (QED) is 0.703. The zero-order valence-electron chi connectivity index (χ0n) is 7.53. The predicted molar refractivity (Wildman–Crippen MR) is 50.3 cm³/mol. The molecule has 1 aliphatic heterocycles. The summed E-state index contributed by atoms with van der Waals surface area (Å²) in [6.07, 6.45) is -0.0984. The Morgan fingerprint density at radius 1 is 1.38 bits per heavy atom. The zero-order valence-corrected chi connectivity index (χ0v) is 7.53. The van der Waals surface area contributed by atoms with Crippen molar-refractivity contribution in [2.75, 3.05) is 7.05 Å². The molecule has 1 aromatic carbocycles. The van der Waals surface area contributed by atoms with Crippen LogP contribution in [0.25, 0.3) is 0 Å². The second-order valence-corrected chi connectivity index (χ2v) is 2.99. The van der Waals surface area contributed by atoms with Crippen LogP contribution in [0.15, 0.2) is 42.8 Å². The van der Waals surface area contributed by atoms with Crippen LogP contribution in [0, 0.1) is 0 Å². The van der Waals surface area contributed by atoms with E-state index in [2.05, 4.69) is 12.0 Å². The number of hydrazine groups is 1. The number of rotatable bonds is 1. The average Bonchev–Trinajstić information content (AvgIpc) is 2.49. The van der Waals surface area contributed by atoms with Crippen molar-refractivity contribution < 1.29 is 4.74 Å². The van der Waals surface area contributed by atoms with Crippen molar-refractivity contribution in [2.24, 2.45) is 0 Å². The first-order chi connectivity index (χ1) is 6.27. The maximum atomic E-state index is 5.48. The van der Waals surface area contributed by atoms with Crippen molar-refractivity contribution in [2.45, 2.75) is 6.23 Å². The highest BCUT2D eigenvalue weighted by molar-refractivity contribution is 5.18. The Bertz CT molecular complexity index is 310. The second kappa shape index (κ2) is 3.11. The van der Waals surface area contributed by atoms with E-state index in [0.29, 0.717) is 5.88 Å². The van der Waals surface area contributed by atoms with Crippen LogP contribution in [0.3, 0.4) is 0 Å². The van der Waals surface area contributed by atoms with E-state index < -0.39 is 0 Å². The number of benzene rings is 1. The lowest BCUT2D eigenvalue weighted by atomic mass is 10.2. The fraction of sp³-hybridized carbons (Fsp3) is 0.200. The van der Waals surface area contributed by atoms with Crippen LogP contribution in [0.5, 0.6) is 0 Å². The van der Waals surface area contributed by atoms with Crippen LogP contribution in [-0.2, 0) is 4.74 Å². The largest absolute Gasteiger partial charge is 0.454 e. The Morgan fingerprint density at radius 2 is 2.08 bits per heavy atom. The Hall–Kier alpha value is -1.48. The third-order valence-corrected chi connectivity index (χ3v) is 2.04. The van der Waals surface area contributed by atoms with Gasteiger partial charge in [-0.2, -0.15) is 5.43 Å². The molecule has 68 valence electrons. The van der Waals surface area contributed by atoms with Crippen LogP contribution in [0.1, 0.15) is 11.8 Å². The summed E-state index contributed by atoms with van der Waals surface area (Å²) in [5, 5.41) is 1.78. The molecule has 3 nitrogen and oxygen atoms in total. The van der Waals surface area contributed by atoms with Crippen molar-refractivity contribution in [3.8, 4) is 0 Å². The lowest BCUT2D eigenvalue weighted by Crippen LogP contribution is -2.26. The molecule has 1 N–H and O–H groups in total. The van der Waals surface area contributed by atoms with Crippen molar-refractivity contribution in [3.63, 3.8) is 0 Å². The monoisotopic (exact) mass is 176 g/mol. The van der Waals surface area contributed by atoms with Crippen molar-refractivity contribution in [3.05, 3.63) is 48.4 Å². The molecule has 0 aliphatic carbocycles. The van der Waals surface area contributed by atoms with Gasteiger partial charge in [0.25, 0.3) is 0 Å². The summed E-state index contributed by atoms with van der Waals surface area (Å²) in [5.41, 5.74) is 4.24. The van der Waals surface area contributed by atoms with Crippen LogP contribution in [0.4, 0.5) is 0 Å². The van der Waals surface area contributed by atoms with Gasteiger partial charge in [0.05, 0.1) is 0 Å². The first kappa shape index (κ1) is 8.13. The second-order valence-electron chi connectivity index (χ2n) is 2.99. The maximum absolute atomic E-state index is 5.48. The third-order valence-electron chi connectivity index (χ3n) is 2.04. The van der Waals surface area contributed by atoms with E-state index >= 15 is 0 Å². The molecule has 1 aliphatic rings. The molecule has 13 heavy (non-hydrogen) atoms. The number of hydrogen-bond acceptors (Lipinski definition) is 3. The van der Waals surface area contributed by atoms with Crippen LogP contribution < -0.4 is 5.43 Å². The molecule has 2 rings (SSSR count). The van der Waals surface area contributed by atoms with Gasteiger partial charge >= 0.3 is 0 Å². The van der Waals surface area contributed by atoms with Gasteiger partial charge in [0.15, 0.2) is 12.1 Å². The van der Waals surface area contributed by atoms with Crippen LogP contribution in [-0.4, -0.2) is 12.1 Å². The fourth-order valence-electron chi connectivity index (χ4n) is 1.26. The fourth-order valence-corrected chi connectivity index (χ4v) is 1.26. The molecule has 1 heterocycles. The van der Waals surface area contributed by atoms with Gasteiger partial charge in [-0.3, -0.25) is 5.01 Å². The van der Waals surface area contributed by atoms with Crippen LogP contribution in [0.2, 0.25) is 0 Å². The third kappa shape index (κ3) is 1.51. The Kier molecular flexibility index (Phi) is 1.94. The van der Waals surface area contributed by atoms with Crippen molar-refractivity contribution in [1.29, 1.82) is 0 Å². The van der Waals surface area contributed by atoms with E-state index in [1.54, 1.807) is 5.01 Å².